The van der Waals surface area contributed by atoms with E-state index in [1.165, 1.54) is 4.88 Å². The molecule has 0 saturated heterocycles. The van der Waals surface area contributed by atoms with Gasteiger partial charge in [0, 0.05) is 4.88 Å². The van der Waals surface area contributed by atoms with E-state index in [0.717, 1.165) is 11.1 Å². The third-order valence-corrected chi connectivity index (χ3v) is 3.40. The molecule has 90 valence electrons. The molecule has 0 bridgehead atoms. The minimum Gasteiger partial charge on any atom is -0.386 e. The predicted molar refractivity (Wildman–Crippen MR) is 70.1 cm³/mol. The van der Waals surface area contributed by atoms with Gasteiger partial charge in [0.15, 0.2) is 0 Å². The van der Waals surface area contributed by atoms with Crippen LogP contribution in [-0.4, -0.2) is 11.7 Å². The summed E-state index contributed by atoms with van der Waals surface area (Å²) >= 11 is 1.65. The van der Waals surface area contributed by atoms with Gasteiger partial charge in [0.05, 0.1) is 13.2 Å². The summed E-state index contributed by atoms with van der Waals surface area (Å²) in [6.07, 6.45) is -0.524. The van der Waals surface area contributed by atoms with Crippen molar-refractivity contribution in [2.24, 2.45) is 0 Å². The number of thiophene rings is 1. The van der Waals surface area contributed by atoms with Gasteiger partial charge in [-0.15, -0.1) is 11.3 Å². The minimum atomic E-state index is -0.524. The summed E-state index contributed by atoms with van der Waals surface area (Å²) in [7, 11) is 0. The van der Waals surface area contributed by atoms with Crippen molar-refractivity contribution in [3.05, 3.63) is 57.8 Å². The quantitative estimate of drug-likeness (QED) is 0.879. The zero-order chi connectivity index (χ0) is 12.1. The van der Waals surface area contributed by atoms with E-state index in [-0.39, 0.29) is 0 Å². The van der Waals surface area contributed by atoms with Crippen LogP contribution in [0.5, 0.6) is 0 Å². The molecule has 17 heavy (non-hydrogen) atoms. The molecule has 0 saturated carbocycles. The summed E-state index contributed by atoms with van der Waals surface area (Å²) in [6.45, 7) is 2.91. The average molecular weight is 248 g/mol. The number of hydrogen-bond acceptors (Lipinski definition) is 3. The van der Waals surface area contributed by atoms with Crippen molar-refractivity contribution in [2.45, 2.75) is 19.6 Å². The van der Waals surface area contributed by atoms with Crippen LogP contribution in [-0.2, 0) is 11.3 Å². The molecule has 0 fully saturated rings. The molecule has 2 nitrogen and oxygen atoms in total. The molecule has 0 aliphatic heterocycles. The van der Waals surface area contributed by atoms with E-state index in [0.29, 0.717) is 13.2 Å². The normalized spacial score (nSPS) is 12.6. The van der Waals surface area contributed by atoms with E-state index >= 15 is 0 Å². The Morgan fingerprint density at radius 3 is 2.71 bits per heavy atom. The molecule has 0 amide bonds. The Morgan fingerprint density at radius 1 is 1.29 bits per heavy atom. The highest BCUT2D eigenvalue weighted by atomic mass is 32.1. The van der Waals surface area contributed by atoms with Gasteiger partial charge in [0.25, 0.3) is 0 Å². The fourth-order valence-electron chi connectivity index (χ4n) is 1.60. The van der Waals surface area contributed by atoms with Gasteiger partial charge >= 0.3 is 0 Å². The van der Waals surface area contributed by atoms with Crippen LogP contribution in [0.3, 0.4) is 0 Å². The Bertz CT molecular complexity index is 450. The molecule has 0 aliphatic carbocycles. The predicted octanol–water partition coefficient (Wildman–Crippen LogP) is 3.31. The molecule has 1 unspecified atom stereocenters. The van der Waals surface area contributed by atoms with Gasteiger partial charge in [0.1, 0.15) is 6.10 Å². The van der Waals surface area contributed by atoms with E-state index in [4.69, 9.17) is 4.74 Å². The summed E-state index contributed by atoms with van der Waals surface area (Å²) in [5, 5.41) is 11.9. The molecule has 1 aromatic carbocycles. The molecule has 1 heterocycles. The zero-order valence-corrected chi connectivity index (χ0v) is 10.6. The summed E-state index contributed by atoms with van der Waals surface area (Å²) in [5.41, 5.74) is 2.07. The lowest BCUT2D eigenvalue weighted by molar-refractivity contribution is 0.0279. The van der Waals surface area contributed by atoms with Gasteiger partial charge in [-0.25, -0.2) is 0 Å². The molecular weight excluding hydrogens is 232 g/mol. The minimum absolute atomic E-state index is 0.338. The Labute approximate surface area is 105 Å². The van der Waals surface area contributed by atoms with Crippen LogP contribution in [0.4, 0.5) is 0 Å². The molecule has 0 aliphatic rings. The number of hydrogen-bond donors (Lipinski definition) is 1. The molecular formula is C14H16O2S. The third kappa shape index (κ3) is 3.66. The SMILES string of the molecule is Cc1cc(C(O)COCc2ccccc2)cs1. The topological polar surface area (TPSA) is 29.5 Å². The molecule has 1 aromatic heterocycles. The first-order valence-electron chi connectivity index (χ1n) is 5.60. The van der Waals surface area contributed by atoms with Gasteiger partial charge in [-0.2, -0.15) is 0 Å². The van der Waals surface area contributed by atoms with Gasteiger partial charge in [-0.3, -0.25) is 0 Å². The molecule has 0 radical (unpaired) electrons. The van der Waals surface area contributed by atoms with E-state index < -0.39 is 6.10 Å². The number of aryl methyl sites for hydroxylation is 1. The van der Waals surface area contributed by atoms with Crippen LogP contribution < -0.4 is 0 Å². The Kier molecular flexibility index (Phi) is 4.31. The van der Waals surface area contributed by atoms with Gasteiger partial charge in [-0.1, -0.05) is 30.3 Å². The standard InChI is InChI=1S/C14H16O2S/c1-11-7-13(10-17-11)14(15)9-16-8-12-5-3-2-4-6-12/h2-7,10,14-15H,8-9H2,1H3. The van der Waals surface area contributed by atoms with Crippen molar-refractivity contribution in [3.8, 4) is 0 Å². The molecule has 3 heteroatoms. The lowest BCUT2D eigenvalue weighted by atomic mass is 10.2. The highest BCUT2D eigenvalue weighted by molar-refractivity contribution is 7.10. The average Bonchev–Trinajstić information content (AvgIpc) is 2.77. The van der Waals surface area contributed by atoms with Crippen molar-refractivity contribution in [1.82, 2.24) is 0 Å². The Hall–Kier alpha value is -1.16. The molecule has 1 atom stereocenters. The highest BCUT2D eigenvalue weighted by Crippen LogP contribution is 2.20. The maximum absolute atomic E-state index is 9.89. The first-order valence-corrected chi connectivity index (χ1v) is 6.48. The molecule has 2 aromatic rings. The fourth-order valence-corrected chi connectivity index (χ4v) is 2.35. The molecule has 0 spiro atoms. The maximum Gasteiger partial charge on any atom is 0.103 e. The van der Waals surface area contributed by atoms with Gasteiger partial charge < -0.3 is 9.84 Å². The van der Waals surface area contributed by atoms with E-state index in [9.17, 15) is 5.11 Å². The number of aliphatic hydroxyl groups is 1. The van der Waals surface area contributed by atoms with Gasteiger partial charge in [-0.05, 0) is 29.5 Å². The van der Waals surface area contributed by atoms with Crippen LogP contribution in [0, 0.1) is 6.92 Å². The second-order valence-electron chi connectivity index (χ2n) is 4.01. The van der Waals surface area contributed by atoms with Crippen LogP contribution in [0.15, 0.2) is 41.8 Å². The zero-order valence-electron chi connectivity index (χ0n) is 9.80. The van der Waals surface area contributed by atoms with Crippen LogP contribution in [0.2, 0.25) is 0 Å². The smallest absolute Gasteiger partial charge is 0.103 e. The van der Waals surface area contributed by atoms with E-state index in [1.54, 1.807) is 11.3 Å². The summed E-state index contributed by atoms with van der Waals surface area (Å²) in [6, 6.07) is 12.0. The van der Waals surface area contributed by atoms with Crippen LogP contribution in [0.1, 0.15) is 22.1 Å². The highest BCUT2D eigenvalue weighted by Gasteiger charge is 2.09. The monoisotopic (exact) mass is 248 g/mol. The van der Waals surface area contributed by atoms with Crippen molar-refractivity contribution >= 4 is 11.3 Å². The lowest BCUT2D eigenvalue weighted by Crippen LogP contribution is -2.06. The van der Waals surface area contributed by atoms with Crippen molar-refractivity contribution in [3.63, 3.8) is 0 Å². The van der Waals surface area contributed by atoms with E-state index in [2.05, 4.69) is 0 Å². The van der Waals surface area contributed by atoms with Crippen molar-refractivity contribution in [1.29, 1.82) is 0 Å². The van der Waals surface area contributed by atoms with Crippen LogP contribution in [0.25, 0.3) is 0 Å². The van der Waals surface area contributed by atoms with Crippen molar-refractivity contribution in [2.75, 3.05) is 6.61 Å². The molecule has 2 rings (SSSR count). The number of benzene rings is 1. The van der Waals surface area contributed by atoms with Crippen LogP contribution >= 0.6 is 11.3 Å². The summed E-state index contributed by atoms with van der Waals surface area (Å²) in [4.78, 5) is 1.21. The lowest BCUT2D eigenvalue weighted by Gasteiger charge is -2.09. The number of rotatable bonds is 5. The number of ether oxygens (including phenoxy) is 1. The number of aliphatic hydroxyl groups excluding tert-OH is 1. The second-order valence-corrected chi connectivity index (χ2v) is 5.12. The first kappa shape index (κ1) is 12.3. The molecule has 1 N–H and O–H groups in total. The fraction of sp³-hybridized carbons (Fsp3) is 0.286. The Balaban J connectivity index is 1.79. The Morgan fingerprint density at radius 2 is 2.06 bits per heavy atom. The van der Waals surface area contributed by atoms with Crippen molar-refractivity contribution < 1.29 is 9.84 Å². The third-order valence-electron chi connectivity index (χ3n) is 2.52. The van der Waals surface area contributed by atoms with E-state index in [1.807, 2.05) is 48.7 Å². The largest absolute Gasteiger partial charge is 0.386 e. The maximum atomic E-state index is 9.89. The summed E-state index contributed by atoms with van der Waals surface area (Å²) < 4.78 is 5.50. The van der Waals surface area contributed by atoms with Gasteiger partial charge in [0.2, 0.25) is 0 Å². The summed E-state index contributed by atoms with van der Waals surface area (Å²) in [5.74, 6) is 0. The first-order chi connectivity index (χ1) is 8.25. The second kappa shape index (κ2) is 5.96.